The van der Waals surface area contributed by atoms with Gasteiger partial charge in [0.1, 0.15) is 0 Å². The number of likely N-dealkylation sites (tertiary alicyclic amines) is 1. The van der Waals surface area contributed by atoms with Crippen molar-refractivity contribution in [3.63, 3.8) is 0 Å². The first kappa shape index (κ1) is 22.2. The number of benzene rings is 1. The van der Waals surface area contributed by atoms with Gasteiger partial charge in [0.05, 0.1) is 13.2 Å². The zero-order chi connectivity index (χ0) is 17.0. The van der Waals surface area contributed by atoms with Crippen molar-refractivity contribution >= 4 is 29.9 Å². The van der Waals surface area contributed by atoms with Gasteiger partial charge in [-0.15, -0.1) is 24.0 Å². The van der Waals surface area contributed by atoms with Gasteiger partial charge in [0.2, 0.25) is 0 Å². The quantitative estimate of drug-likeness (QED) is 0.259. The largest absolute Gasteiger partial charge is 0.376 e. The van der Waals surface area contributed by atoms with Crippen LogP contribution in [0.5, 0.6) is 0 Å². The molecule has 1 aromatic carbocycles. The Labute approximate surface area is 170 Å². The second kappa shape index (κ2) is 13.4. The lowest BCUT2D eigenvalue weighted by atomic mass is 10.1. The molecule has 0 spiro atoms. The Kier molecular flexibility index (Phi) is 11.9. The highest BCUT2D eigenvalue weighted by Crippen LogP contribution is 2.17. The molecule has 142 valence electrons. The number of aliphatic imine (C=N–C) groups is 1. The van der Waals surface area contributed by atoms with Crippen LogP contribution in [0.1, 0.15) is 44.6 Å². The zero-order valence-electron chi connectivity index (χ0n) is 15.7. The predicted octanol–water partition coefficient (Wildman–Crippen LogP) is 4.30. The average Bonchev–Trinajstić information content (AvgIpc) is 3.08. The highest BCUT2D eigenvalue weighted by Gasteiger charge is 2.24. The first-order valence-electron chi connectivity index (χ1n) is 9.40. The van der Waals surface area contributed by atoms with Crippen LogP contribution in [0.15, 0.2) is 35.3 Å². The van der Waals surface area contributed by atoms with Gasteiger partial charge in [0.15, 0.2) is 5.96 Å². The Balaban J connectivity index is 0.00000312. The minimum atomic E-state index is 0. The molecule has 1 unspecified atom stereocenters. The monoisotopic (exact) mass is 459 g/mol. The molecular weight excluding hydrogens is 425 g/mol. The van der Waals surface area contributed by atoms with E-state index in [1.807, 2.05) is 13.1 Å². The fraction of sp³-hybridized carbons (Fsp3) is 0.650. The summed E-state index contributed by atoms with van der Waals surface area (Å²) >= 11 is 0. The Bertz CT molecular complexity index is 481. The number of halogens is 1. The Morgan fingerprint density at radius 1 is 1.24 bits per heavy atom. The van der Waals surface area contributed by atoms with Gasteiger partial charge in [0.25, 0.3) is 0 Å². The van der Waals surface area contributed by atoms with E-state index < -0.39 is 0 Å². The summed E-state index contributed by atoms with van der Waals surface area (Å²) in [7, 11) is 1.88. The summed E-state index contributed by atoms with van der Waals surface area (Å²) in [5.41, 5.74) is 1.25. The molecule has 0 bridgehead atoms. The van der Waals surface area contributed by atoms with Crippen LogP contribution in [-0.2, 0) is 11.3 Å². The van der Waals surface area contributed by atoms with E-state index in [0.29, 0.717) is 12.5 Å². The lowest BCUT2D eigenvalue weighted by Gasteiger charge is -2.21. The van der Waals surface area contributed by atoms with Crippen LogP contribution in [-0.4, -0.2) is 44.1 Å². The second-order valence-electron chi connectivity index (χ2n) is 6.64. The highest BCUT2D eigenvalue weighted by molar-refractivity contribution is 14.0. The summed E-state index contributed by atoms with van der Waals surface area (Å²) in [6, 6.07) is 10.4. The average molecular weight is 459 g/mol. The molecule has 5 heteroatoms. The Morgan fingerprint density at radius 2 is 2.04 bits per heavy atom. The number of nitrogens with zero attached hydrogens (tertiary/aromatic N) is 2. The third-order valence-corrected chi connectivity index (χ3v) is 4.58. The van der Waals surface area contributed by atoms with Gasteiger partial charge < -0.3 is 15.0 Å². The SMILES string of the molecule is CCCCCCNC(=NC)N1CCC(COCc2ccccc2)C1.I. The molecule has 1 fully saturated rings. The summed E-state index contributed by atoms with van der Waals surface area (Å²) in [6.07, 6.45) is 6.32. The number of guanidine groups is 1. The minimum absolute atomic E-state index is 0. The van der Waals surface area contributed by atoms with E-state index in [0.717, 1.165) is 32.2 Å². The van der Waals surface area contributed by atoms with Crippen molar-refractivity contribution < 1.29 is 4.74 Å². The topological polar surface area (TPSA) is 36.9 Å². The molecule has 1 atom stereocenters. The molecule has 0 aliphatic carbocycles. The Hall–Kier alpha value is -0.820. The normalized spacial score (nSPS) is 17.4. The fourth-order valence-electron chi connectivity index (χ4n) is 3.16. The molecule has 2 rings (SSSR count). The van der Waals surface area contributed by atoms with E-state index in [2.05, 4.69) is 46.4 Å². The summed E-state index contributed by atoms with van der Waals surface area (Å²) in [6.45, 7) is 6.94. The molecule has 4 nitrogen and oxygen atoms in total. The second-order valence-corrected chi connectivity index (χ2v) is 6.64. The maximum atomic E-state index is 5.90. The van der Waals surface area contributed by atoms with E-state index >= 15 is 0 Å². The van der Waals surface area contributed by atoms with E-state index in [9.17, 15) is 0 Å². The van der Waals surface area contributed by atoms with Crippen LogP contribution in [0.4, 0.5) is 0 Å². The smallest absolute Gasteiger partial charge is 0.193 e. The minimum Gasteiger partial charge on any atom is -0.376 e. The van der Waals surface area contributed by atoms with Crippen molar-refractivity contribution in [2.45, 2.75) is 45.6 Å². The molecule has 1 aliphatic rings. The number of nitrogens with one attached hydrogen (secondary N) is 1. The number of ether oxygens (including phenoxy) is 1. The molecular formula is C20H34IN3O. The van der Waals surface area contributed by atoms with Crippen LogP contribution < -0.4 is 5.32 Å². The molecule has 1 aromatic rings. The van der Waals surface area contributed by atoms with Crippen LogP contribution in [0.3, 0.4) is 0 Å². The summed E-state index contributed by atoms with van der Waals surface area (Å²) in [4.78, 5) is 6.81. The first-order chi connectivity index (χ1) is 11.8. The number of hydrogen-bond acceptors (Lipinski definition) is 2. The third-order valence-electron chi connectivity index (χ3n) is 4.58. The van der Waals surface area contributed by atoms with E-state index in [-0.39, 0.29) is 24.0 Å². The van der Waals surface area contributed by atoms with E-state index in [1.165, 1.54) is 37.7 Å². The van der Waals surface area contributed by atoms with Crippen molar-refractivity contribution in [2.24, 2.45) is 10.9 Å². The van der Waals surface area contributed by atoms with Crippen LogP contribution in [0.25, 0.3) is 0 Å². The van der Waals surface area contributed by atoms with Gasteiger partial charge in [-0.1, -0.05) is 56.5 Å². The molecule has 1 heterocycles. The lowest BCUT2D eigenvalue weighted by Crippen LogP contribution is -2.40. The molecule has 0 amide bonds. The molecule has 1 aliphatic heterocycles. The predicted molar refractivity (Wildman–Crippen MR) is 117 cm³/mol. The third kappa shape index (κ3) is 8.40. The molecule has 25 heavy (non-hydrogen) atoms. The molecule has 0 saturated carbocycles. The standard InChI is InChI=1S/C20H33N3O.HI/c1-3-4-5-9-13-22-20(21-2)23-14-12-19(15-23)17-24-16-18-10-7-6-8-11-18;/h6-8,10-11,19H,3-5,9,12-17H2,1-2H3,(H,21,22);1H. The molecule has 1 saturated heterocycles. The van der Waals surface area contributed by atoms with Crippen molar-refractivity contribution in [1.29, 1.82) is 0 Å². The van der Waals surface area contributed by atoms with Gasteiger partial charge in [0, 0.05) is 32.6 Å². The number of hydrogen-bond donors (Lipinski definition) is 1. The van der Waals surface area contributed by atoms with Gasteiger partial charge in [-0.25, -0.2) is 0 Å². The number of unbranched alkanes of at least 4 members (excludes halogenated alkanes) is 3. The zero-order valence-corrected chi connectivity index (χ0v) is 18.1. The maximum Gasteiger partial charge on any atom is 0.193 e. The maximum absolute atomic E-state index is 5.90. The fourth-order valence-corrected chi connectivity index (χ4v) is 3.16. The van der Waals surface area contributed by atoms with Crippen molar-refractivity contribution in [3.05, 3.63) is 35.9 Å². The van der Waals surface area contributed by atoms with Gasteiger partial charge in [-0.2, -0.15) is 0 Å². The van der Waals surface area contributed by atoms with Crippen molar-refractivity contribution in [2.75, 3.05) is 33.3 Å². The molecule has 1 N–H and O–H groups in total. The van der Waals surface area contributed by atoms with Gasteiger partial charge in [-0.3, -0.25) is 4.99 Å². The van der Waals surface area contributed by atoms with Crippen LogP contribution in [0, 0.1) is 5.92 Å². The van der Waals surface area contributed by atoms with E-state index in [4.69, 9.17) is 4.74 Å². The summed E-state index contributed by atoms with van der Waals surface area (Å²) in [5, 5.41) is 3.51. The van der Waals surface area contributed by atoms with Crippen LogP contribution in [0.2, 0.25) is 0 Å². The first-order valence-corrected chi connectivity index (χ1v) is 9.40. The summed E-state index contributed by atoms with van der Waals surface area (Å²) in [5.74, 6) is 1.66. The van der Waals surface area contributed by atoms with Crippen molar-refractivity contribution in [3.8, 4) is 0 Å². The van der Waals surface area contributed by atoms with Crippen LogP contribution >= 0.6 is 24.0 Å². The van der Waals surface area contributed by atoms with Gasteiger partial charge >= 0.3 is 0 Å². The number of rotatable bonds is 9. The van der Waals surface area contributed by atoms with Gasteiger partial charge in [-0.05, 0) is 18.4 Å². The highest BCUT2D eigenvalue weighted by atomic mass is 127. The lowest BCUT2D eigenvalue weighted by molar-refractivity contribution is 0.0907. The van der Waals surface area contributed by atoms with E-state index in [1.54, 1.807) is 0 Å². The van der Waals surface area contributed by atoms with Crippen molar-refractivity contribution in [1.82, 2.24) is 10.2 Å². The molecule has 0 aromatic heterocycles. The summed E-state index contributed by atoms with van der Waals surface area (Å²) < 4.78 is 5.90. The molecule has 0 radical (unpaired) electrons. The Morgan fingerprint density at radius 3 is 2.76 bits per heavy atom.